The minimum atomic E-state index is -4.29. The smallest absolute Gasteiger partial charge is 0.859 e. The van der Waals surface area contributed by atoms with Crippen LogP contribution < -0.4 is 10.4 Å². The van der Waals surface area contributed by atoms with Gasteiger partial charge in [-0.3, -0.25) is 9.35 Å². The largest absolute Gasteiger partial charge is 2.00 e. The van der Waals surface area contributed by atoms with Gasteiger partial charge in [-0.25, -0.2) is 8.42 Å². The molecule has 0 aliphatic rings. The fourth-order valence-corrected chi connectivity index (χ4v) is 7.71. The van der Waals surface area contributed by atoms with Gasteiger partial charge in [0.15, 0.2) is 0 Å². The summed E-state index contributed by atoms with van der Waals surface area (Å²) in [6, 6.07) is 0. The first-order valence-corrected chi connectivity index (χ1v) is 27.8. The Labute approximate surface area is 406 Å². The molecule has 0 radical (unpaired) electrons. The molecule has 61 heavy (non-hydrogen) atoms. The molecule has 356 valence electrons. The number of aliphatic imine (C=N–C) groups is 1. The van der Waals surface area contributed by atoms with E-state index >= 15 is 0 Å². The average molecular weight is 929 g/mol. The van der Waals surface area contributed by atoms with Gasteiger partial charge >= 0.3 is 37.7 Å². The van der Waals surface area contributed by atoms with Crippen LogP contribution in [0.3, 0.4) is 0 Å². The molecular weight excluding hydrogens is 837 g/mol. The Morgan fingerprint density at radius 1 is 0.508 bits per heavy atom. The van der Waals surface area contributed by atoms with E-state index in [4.69, 9.17) is 4.55 Å². The minimum absolute atomic E-state index is 0. The van der Waals surface area contributed by atoms with Gasteiger partial charge in [0, 0.05) is 6.54 Å². The molecule has 0 bridgehead atoms. The summed E-state index contributed by atoms with van der Waals surface area (Å²) in [7, 11) is -8.31. The van der Waals surface area contributed by atoms with Gasteiger partial charge in [0.1, 0.15) is 0 Å². The zero-order valence-electron chi connectivity index (χ0n) is 39.4. The fourth-order valence-electron chi connectivity index (χ4n) is 7.03. The number of nitrogens with zero attached hydrogens (tertiary/aromatic N) is 1. The second-order valence-corrected chi connectivity index (χ2v) is 19.9. The van der Waals surface area contributed by atoms with E-state index in [0.717, 1.165) is 25.7 Å². The van der Waals surface area contributed by atoms with Crippen LogP contribution >= 0.6 is 0 Å². The van der Waals surface area contributed by atoms with Gasteiger partial charge in [0.25, 0.3) is 10.1 Å². The van der Waals surface area contributed by atoms with E-state index in [1.54, 1.807) is 6.08 Å². The van der Waals surface area contributed by atoms with Crippen LogP contribution in [-0.4, -0.2) is 100 Å². The van der Waals surface area contributed by atoms with Crippen LogP contribution in [0.1, 0.15) is 245 Å². The van der Waals surface area contributed by atoms with E-state index in [0.29, 0.717) is 0 Å². The molecule has 1 amide bonds. The zero-order valence-corrected chi connectivity index (χ0v) is 43.2. The van der Waals surface area contributed by atoms with Crippen molar-refractivity contribution in [1.29, 1.82) is 0 Å². The Balaban J connectivity index is -0.00000109. The summed E-state index contributed by atoms with van der Waals surface area (Å²) in [5, 5.41) is 13.8. The molecule has 0 saturated heterocycles. The fraction of sp³-hybridized carbons (Fsp3) is 0.875. The molecule has 0 saturated carbocycles. The number of hydrogen-bond donors (Lipinski definition) is 2. The van der Waals surface area contributed by atoms with Crippen LogP contribution in [0.4, 0.5) is 0 Å². The molecule has 0 atom stereocenters. The number of unbranched alkanes of at least 4 members (excludes halogenated alkanes) is 34. The van der Waals surface area contributed by atoms with E-state index in [1.165, 1.54) is 218 Å². The van der Waals surface area contributed by atoms with Crippen molar-refractivity contribution in [2.24, 2.45) is 4.99 Å². The van der Waals surface area contributed by atoms with Crippen LogP contribution in [0, 0.1) is 0 Å². The van der Waals surface area contributed by atoms with Crippen molar-refractivity contribution < 1.29 is 35.8 Å². The van der Waals surface area contributed by atoms with Crippen molar-refractivity contribution in [3.8, 4) is 0 Å². The number of rotatable bonds is 44. The van der Waals surface area contributed by atoms with Crippen LogP contribution in [-0.2, 0) is 25.0 Å². The van der Waals surface area contributed by atoms with Gasteiger partial charge in [-0.2, -0.15) is 8.42 Å². The maximum atomic E-state index is 11.4. The number of nitrogens with one attached hydrogen (secondary N) is 1. The Morgan fingerprint density at radius 3 is 1.10 bits per heavy atom. The molecule has 2 N–H and O–H groups in total. The Bertz CT molecular complexity index is 1240. The quantitative estimate of drug-likeness (QED) is 0.0151. The Hall–Kier alpha value is -0.500. The van der Waals surface area contributed by atoms with E-state index in [1.807, 2.05) is 6.08 Å². The van der Waals surface area contributed by atoms with Crippen LogP contribution in [0.2, 0.25) is 0 Å². The summed E-state index contributed by atoms with van der Waals surface area (Å²) >= 11 is 0. The topological polar surface area (TPSA) is 176 Å². The zero-order chi connectivity index (χ0) is 44.7. The van der Waals surface area contributed by atoms with Gasteiger partial charge in [-0.05, 0) is 37.7 Å². The average Bonchev–Trinajstić information content (AvgIpc) is 3.19. The maximum Gasteiger partial charge on any atom is 2.00 e. The molecule has 0 unspecified atom stereocenters. The van der Waals surface area contributed by atoms with Crippen molar-refractivity contribution in [3.63, 3.8) is 0 Å². The molecule has 0 aliphatic carbocycles. The SMILES string of the molecule is CCCCCCCCCCCCCCCCCCC/C=C/C(=O)NCCS(=O)(=O)O.CCCCCCCCCCCCCCCCCCC/C=C/C([O-])=NCCS(=O)(=O)[O-].[Ca+2]. The molecule has 10 nitrogen and oxygen atoms in total. The normalized spacial score (nSPS) is 12.2. The third-order valence-corrected chi connectivity index (χ3v) is 12.1. The Morgan fingerprint density at radius 2 is 0.803 bits per heavy atom. The summed E-state index contributed by atoms with van der Waals surface area (Å²) in [6.07, 6.45) is 54.0. The van der Waals surface area contributed by atoms with Crippen molar-refractivity contribution in [1.82, 2.24) is 5.32 Å². The number of allylic oxidation sites excluding steroid dienone is 2. The first-order chi connectivity index (χ1) is 28.9. The summed E-state index contributed by atoms with van der Waals surface area (Å²) in [6.45, 7) is 4.22. The molecule has 13 heteroatoms. The second-order valence-electron chi connectivity index (χ2n) is 16.8. The molecule has 0 aromatic carbocycles. The molecule has 0 aromatic rings. The van der Waals surface area contributed by atoms with E-state index < -0.39 is 37.6 Å². The van der Waals surface area contributed by atoms with Gasteiger partial charge in [0.2, 0.25) is 5.91 Å². The van der Waals surface area contributed by atoms with E-state index in [-0.39, 0.29) is 56.7 Å². The van der Waals surface area contributed by atoms with Gasteiger partial charge in [-0.1, -0.05) is 238 Å². The molecule has 0 aromatic heterocycles. The van der Waals surface area contributed by atoms with Crippen molar-refractivity contribution >= 4 is 69.8 Å². The summed E-state index contributed by atoms with van der Waals surface area (Å²) in [4.78, 5) is 15.0. The molecular formula is C48H92CaN2O8S2. The van der Waals surface area contributed by atoms with Crippen molar-refractivity contribution in [3.05, 3.63) is 24.3 Å². The minimum Gasteiger partial charge on any atom is -0.859 e. The second kappa shape index (κ2) is 50.5. The molecule has 0 aliphatic heterocycles. The Kier molecular flexibility index (Phi) is 53.6. The van der Waals surface area contributed by atoms with Crippen molar-refractivity contribution in [2.75, 3.05) is 24.6 Å². The number of carbonyl (C=O) groups is 1. The first kappa shape index (κ1) is 64.8. The van der Waals surface area contributed by atoms with Crippen LogP contribution in [0.5, 0.6) is 0 Å². The maximum absolute atomic E-state index is 11.4. The number of carbonyl (C=O) groups excluding carboxylic acids is 1. The first-order valence-electron chi connectivity index (χ1n) is 24.6. The predicted molar refractivity (Wildman–Crippen MR) is 258 cm³/mol. The van der Waals surface area contributed by atoms with Gasteiger partial charge < -0.3 is 20.0 Å². The van der Waals surface area contributed by atoms with Crippen LogP contribution in [0.25, 0.3) is 0 Å². The summed E-state index contributed by atoms with van der Waals surface area (Å²) in [5.74, 6) is -1.85. The standard InChI is InChI=1S/2C24H47NO4S.Ca/c2*1-2-3-4-5-6-7-8-9-10-11-12-13-14-15-16-17-18-19-20-21-24(26)25-22-23-30(27,28)29;/h2*20-21H,2-19,22-23H2,1H3,(H,25,26)(H,27,28,29);/q;;+2/p-2/b2*21-20+;. The van der Waals surface area contributed by atoms with E-state index in [2.05, 4.69) is 24.2 Å². The monoisotopic (exact) mass is 929 g/mol. The van der Waals surface area contributed by atoms with E-state index in [9.17, 15) is 31.3 Å². The van der Waals surface area contributed by atoms with Gasteiger partial charge in [0.05, 0.1) is 28.2 Å². The number of hydrogen-bond acceptors (Lipinski definition) is 8. The molecule has 0 fully saturated rings. The third-order valence-electron chi connectivity index (χ3n) is 10.7. The predicted octanol–water partition coefficient (Wildman–Crippen LogP) is 12.1. The van der Waals surface area contributed by atoms with Gasteiger partial charge in [-0.15, -0.1) is 0 Å². The summed E-state index contributed by atoms with van der Waals surface area (Å²) in [5.41, 5.74) is 0. The van der Waals surface area contributed by atoms with Crippen LogP contribution in [0.15, 0.2) is 29.3 Å². The molecule has 0 spiro atoms. The van der Waals surface area contributed by atoms with Crippen molar-refractivity contribution in [2.45, 2.75) is 245 Å². The molecule has 0 rings (SSSR count). The molecule has 0 heterocycles. The third kappa shape index (κ3) is 63.9. The summed E-state index contributed by atoms with van der Waals surface area (Å²) < 4.78 is 60.9. The number of amides is 1.